The SMILES string of the molecule is C=C1COc2cc(F)ccc2C1=C. The first-order chi connectivity index (χ1) is 6.18. The van der Waals surface area contributed by atoms with Crippen molar-refractivity contribution in [2.24, 2.45) is 0 Å². The van der Waals surface area contributed by atoms with E-state index >= 15 is 0 Å². The maximum absolute atomic E-state index is 12.8. The lowest BCUT2D eigenvalue weighted by Crippen LogP contribution is -2.09. The van der Waals surface area contributed by atoms with Crippen molar-refractivity contribution < 1.29 is 9.13 Å². The van der Waals surface area contributed by atoms with E-state index in [0.717, 1.165) is 16.7 Å². The summed E-state index contributed by atoms with van der Waals surface area (Å²) in [6.45, 7) is 8.06. The van der Waals surface area contributed by atoms with Gasteiger partial charge in [0.15, 0.2) is 0 Å². The minimum atomic E-state index is -0.293. The van der Waals surface area contributed by atoms with Crippen molar-refractivity contribution in [2.45, 2.75) is 0 Å². The van der Waals surface area contributed by atoms with Gasteiger partial charge in [0.2, 0.25) is 0 Å². The van der Waals surface area contributed by atoms with Crippen LogP contribution in [0.1, 0.15) is 5.56 Å². The average molecular weight is 176 g/mol. The smallest absolute Gasteiger partial charge is 0.130 e. The number of halogens is 1. The van der Waals surface area contributed by atoms with Crippen LogP contribution in [0.25, 0.3) is 5.57 Å². The molecule has 1 aromatic carbocycles. The van der Waals surface area contributed by atoms with E-state index in [4.69, 9.17) is 4.74 Å². The molecule has 1 aliphatic heterocycles. The highest BCUT2D eigenvalue weighted by molar-refractivity contribution is 5.81. The van der Waals surface area contributed by atoms with Crippen molar-refractivity contribution in [1.82, 2.24) is 0 Å². The average Bonchev–Trinajstić information content (AvgIpc) is 2.12. The zero-order chi connectivity index (χ0) is 9.42. The highest BCUT2D eigenvalue weighted by Gasteiger charge is 2.16. The van der Waals surface area contributed by atoms with Crippen LogP contribution in [0.5, 0.6) is 5.75 Å². The molecule has 66 valence electrons. The first-order valence-corrected chi connectivity index (χ1v) is 3.98. The van der Waals surface area contributed by atoms with Crippen molar-refractivity contribution in [3.8, 4) is 5.75 Å². The summed E-state index contributed by atoms with van der Waals surface area (Å²) in [4.78, 5) is 0. The van der Waals surface area contributed by atoms with E-state index in [1.54, 1.807) is 6.07 Å². The van der Waals surface area contributed by atoms with Crippen LogP contribution in [-0.2, 0) is 0 Å². The van der Waals surface area contributed by atoms with Gasteiger partial charge in [0.05, 0.1) is 0 Å². The van der Waals surface area contributed by atoms with Crippen LogP contribution < -0.4 is 4.74 Å². The second-order valence-electron chi connectivity index (χ2n) is 3.01. The Bertz CT molecular complexity index is 393. The highest BCUT2D eigenvalue weighted by atomic mass is 19.1. The van der Waals surface area contributed by atoms with E-state index in [2.05, 4.69) is 13.2 Å². The van der Waals surface area contributed by atoms with Crippen LogP contribution in [0, 0.1) is 5.82 Å². The molecule has 0 N–H and O–H groups in total. The predicted molar refractivity (Wildman–Crippen MR) is 50.1 cm³/mol. The molecular formula is C11H9FO. The minimum absolute atomic E-state index is 0.293. The molecule has 0 aromatic heterocycles. The molecule has 0 radical (unpaired) electrons. The molecule has 0 fully saturated rings. The maximum atomic E-state index is 12.8. The third-order valence-electron chi connectivity index (χ3n) is 2.10. The predicted octanol–water partition coefficient (Wildman–Crippen LogP) is 2.79. The van der Waals surface area contributed by atoms with Crippen molar-refractivity contribution in [1.29, 1.82) is 0 Å². The van der Waals surface area contributed by atoms with Crippen LogP contribution in [0.2, 0.25) is 0 Å². The van der Waals surface area contributed by atoms with Gasteiger partial charge in [0.25, 0.3) is 0 Å². The Labute approximate surface area is 76.2 Å². The Kier molecular flexibility index (Phi) is 1.69. The van der Waals surface area contributed by atoms with Gasteiger partial charge >= 0.3 is 0 Å². The van der Waals surface area contributed by atoms with Gasteiger partial charge < -0.3 is 4.74 Å². The van der Waals surface area contributed by atoms with Crippen LogP contribution in [-0.4, -0.2) is 6.61 Å². The molecule has 0 amide bonds. The van der Waals surface area contributed by atoms with Gasteiger partial charge in [-0.2, -0.15) is 0 Å². The monoisotopic (exact) mass is 176 g/mol. The van der Waals surface area contributed by atoms with Gasteiger partial charge in [0.1, 0.15) is 18.2 Å². The summed E-state index contributed by atoms with van der Waals surface area (Å²) in [5.41, 5.74) is 2.51. The van der Waals surface area contributed by atoms with Gasteiger partial charge in [0, 0.05) is 11.6 Å². The van der Waals surface area contributed by atoms with Gasteiger partial charge in [-0.1, -0.05) is 13.2 Å². The minimum Gasteiger partial charge on any atom is -0.488 e. The highest BCUT2D eigenvalue weighted by Crippen LogP contribution is 2.34. The van der Waals surface area contributed by atoms with Crippen LogP contribution in [0.3, 0.4) is 0 Å². The number of hydrogen-bond donors (Lipinski definition) is 0. The lowest BCUT2D eigenvalue weighted by Gasteiger charge is -2.20. The van der Waals surface area contributed by atoms with E-state index in [1.807, 2.05) is 0 Å². The molecule has 0 aliphatic carbocycles. The molecule has 0 spiro atoms. The summed E-state index contributed by atoms with van der Waals surface area (Å²) < 4.78 is 18.1. The Morgan fingerprint density at radius 1 is 1.31 bits per heavy atom. The molecule has 1 heterocycles. The zero-order valence-corrected chi connectivity index (χ0v) is 7.14. The normalized spacial score (nSPS) is 15.2. The molecule has 1 aromatic rings. The fourth-order valence-electron chi connectivity index (χ4n) is 1.31. The molecule has 0 unspecified atom stereocenters. The van der Waals surface area contributed by atoms with Gasteiger partial charge in [-0.15, -0.1) is 0 Å². The molecule has 1 nitrogen and oxygen atoms in total. The molecule has 2 rings (SSSR count). The number of hydrogen-bond acceptors (Lipinski definition) is 1. The molecule has 0 bridgehead atoms. The summed E-state index contributed by atoms with van der Waals surface area (Å²) in [6, 6.07) is 4.43. The summed E-state index contributed by atoms with van der Waals surface area (Å²) in [5.74, 6) is 0.261. The lowest BCUT2D eigenvalue weighted by molar-refractivity contribution is 0.347. The van der Waals surface area contributed by atoms with Crippen molar-refractivity contribution in [3.63, 3.8) is 0 Å². The van der Waals surface area contributed by atoms with Gasteiger partial charge in [-0.25, -0.2) is 4.39 Å². The van der Waals surface area contributed by atoms with E-state index in [-0.39, 0.29) is 5.82 Å². The second kappa shape index (κ2) is 2.73. The van der Waals surface area contributed by atoms with Crippen LogP contribution >= 0.6 is 0 Å². The standard InChI is InChI=1S/C11H9FO/c1-7-6-13-11-5-9(12)3-4-10(11)8(7)2/h3-5H,1-2,6H2. The number of fused-ring (bicyclic) bond motifs is 1. The van der Waals surface area contributed by atoms with Gasteiger partial charge in [-0.3, -0.25) is 0 Å². The summed E-state index contributed by atoms with van der Waals surface area (Å²) >= 11 is 0. The topological polar surface area (TPSA) is 9.23 Å². The van der Waals surface area contributed by atoms with E-state index < -0.39 is 0 Å². The summed E-state index contributed by atoms with van der Waals surface area (Å²) in [7, 11) is 0. The summed E-state index contributed by atoms with van der Waals surface area (Å²) in [5, 5.41) is 0. The maximum Gasteiger partial charge on any atom is 0.130 e. The van der Waals surface area contributed by atoms with Crippen molar-refractivity contribution >= 4 is 5.57 Å². The van der Waals surface area contributed by atoms with E-state index in [9.17, 15) is 4.39 Å². The Morgan fingerprint density at radius 2 is 2.08 bits per heavy atom. The van der Waals surface area contributed by atoms with Crippen LogP contribution in [0.4, 0.5) is 4.39 Å². The fourth-order valence-corrected chi connectivity index (χ4v) is 1.31. The Hall–Kier alpha value is -1.57. The third kappa shape index (κ3) is 1.24. The zero-order valence-electron chi connectivity index (χ0n) is 7.14. The molecule has 1 aliphatic rings. The molecule has 0 saturated carbocycles. The molecule has 0 atom stereocenters. The van der Waals surface area contributed by atoms with E-state index in [1.165, 1.54) is 12.1 Å². The molecular weight excluding hydrogens is 167 g/mol. The largest absolute Gasteiger partial charge is 0.488 e. The quantitative estimate of drug-likeness (QED) is 0.590. The van der Waals surface area contributed by atoms with Gasteiger partial charge in [-0.05, 0) is 23.3 Å². The Balaban J connectivity index is 2.56. The molecule has 2 heteroatoms. The molecule has 0 saturated heterocycles. The van der Waals surface area contributed by atoms with Crippen molar-refractivity contribution in [3.05, 3.63) is 48.3 Å². The first-order valence-electron chi connectivity index (χ1n) is 3.98. The summed E-state index contributed by atoms with van der Waals surface area (Å²) in [6.07, 6.45) is 0. The second-order valence-corrected chi connectivity index (χ2v) is 3.01. The van der Waals surface area contributed by atoms with Crippen molar-refractivity contribution in [2.75, 3.05) is 6.61 Å². The lowest BCUT2D eigenvalue weighted by atomic mass is 9.98. The number of rotatable bonds is 0. The first kappa shape index (κ1) is 8.05. The third-order valence-corrected chi connectivity index (χ3v) is 2.10. The fraction of sp³-hybridized carbons (Fsp3) is 0.0909. The number of benzene rings is 1. The number of ether oxygens (including phenoxy) is 1. The van der Waals surface area contributed by atoms with Crippen LogP contribution in [0.15, 0.2) is 36.9 Å². The Morgan fingerprint density at radius 3 is 2.85 bits per heavy atom. The molecule has 13 heavy (non-hydrogen) atoms. The van der Waals surface area contributed by atoms with E-state index in [0.29, 0.717) is 12.4 Å².